The van der Waals surface area contributed by atoms with Crippen LogP contribution in [-0.2, 0) is 10.2 Å². The SMILES string of the molecule is CC1CC2CC(C)(C(=O)NC3CCCCC3)CC(c3ccccc3)(C1)C2. The molecule has 0 saturated heterocycles. The Morgan fingerprint density at radius 2 is 1.77 bits per heavy atom. The molecule has 1 N–H and O–H groups in total. The van der Waals surface area contributed by atoms with Gasteiger partial charge >= 0.3 is 0 Å². The van der Waals surface area contributed by atoms with Gasteiger partial charge in [0.2, 0.25) is 5.91 Å². The molecule has 2 bridgehead atoms. The maximum atomic E-state index is 13.4. The van der Waals surface area contributed by atoms with Crippen LogP contribution in [0.25, 0.3) is 0 Å². The summed E-state index contributed by atoms with van der Waals surface area (Å²) in [4.78, 5) is 13.4. The second-order valence-corrected chi connectivity index (χ2v) is 10.0. The van der Waals surface area contributed by atoms with Crippen molar-refractivity contribution in [2.75, 3.05) is 0 Å². The highest BCUT2D eigenvalue weighted by molar-refractivity contribution is 5.83. The third-order valence-corrected chi connectivity index (χ3v) is 7.50. The summed E-state index contributed by atoms with van der Waals surface area (Å²) in [5.41, 5.74) is 1.45. The van der Waals surface area contributed by atoms with Gasteiger partial charge in [0.25, 0.3) is 0 Å². The molecule has 0 radical (unpaired) electrons. The van der Waals surface area contributed by atoms with Crippen LogP contribution in [0, 0.1) is 17.3 Å². The van der Waals surface area contributed by atoms with Gasteiger partial charge in [0.1, 0.15) is 0 Å². The number of rotatable bonds is 3. The van der Waals surface area contributed by atoms with Crippen LogP contribution in [0.4, 0.5) is 0 Å². The summed E-state index contributed by atoms with van der Waals surface area (Å²) < 4.78 is 0. The number of nitrogens with one attached hydrogen (secondary N) is 1. The van der Waals surface area contributed by atoms with Gasteiger partial charge in [-0.15, -0.1) is 0 Å². The molecule has 4 atom stereocenters. The zero-order chi connectivity index (χ0) is 18.2. The predicted octanol–water partition coefficient (Wildman–Crippen LogP) is 5.61. The lowest BCUT2D eigenvalue weighted by molar-refractivity contribution is -0.137. The largest absolute Gasteiger partial charge is 0.353 e. The Morgan fingerprint density at radius 1 is 1.04 bits per heavy atom. The van der Waals surface area contributed by atoms with E-state index in [1.54, 1.807) is 0 Å². The topological polar surface area (TPSA) is 29.1 Å². The van der Waals surface area contributed by atoms with Crippen LogP contribution in [0.1, 0.15) is 83.6 Å². The van der Waals surface area contributed by atoms with Crippen LogP contribution in [0.15, 0.2) is 30.3 Å². The fourth-order valence-corrected chi connectivity index (χ4v) is 6.70. The van der Waals surface area contributed by atoms with Crippen molar-refractivity contribution < 1.29 is 4.79 Å². The highest BCUT2D eigenvalue weighted by Gasteiger charge is 2.53. The van der Waals surface area contributed by atoms with Crippen molar-refractivity contribution >= 4 is 5.91 Å². The molecule has 3 saturated carbocycles. The average Bonchev–Trinajstić information content (AvgIpc) is 2.62. The molecule has 26 heavy (non-hydrogen) atoms. The lowest BCUT2D eigenvalue weighted by Gasteiger charge is -2.54. The van der Waals surface area contributed by atoms with Crippen molar-refractivity contribution in [1.82, 2.24) is 5.32 Å². The summed E-state index contributed by atoms with van der Waals surface area (Å²) >= 11 is 0. The molecule has 0 aliphatic heterocycles. The van der Waals surface area contributed by atoms with E-state index in [4.69, 9.17) is 0 Å². The molecular weight excluding hydrogens is 318 g/mol. The summed E-state index contributed by atoms with van der Waals surface area (Å²) in [6.07, 6.45) is 12.1. The Balaban J connectivity index is 1.58. The standard InChI is InChI=1S/C24H35NO/c1-18-13-19-15-23(2,22(26)25-21-11-7-4-8-12-21)17-24(14-18,16-19)20-9-5-3-6-10-20/h3,5-6,9-10,18-19,21H,4,7-8,11-17H2,1-2H3,(H,25,26). The molecule has 3 aliphatic rings. The average molecular weight is 354 g/mol. The minimum absolute atomic E-state index is 0.195. The van der Waals surface area contributed by atoms with Gasteiger partial charge in [0.05, 0.1) is 0 Å². The van der Waals surface area contributed by atoms with Crippen molar-refractivity contribution in [3.63, 3.8) is 0 Å². The first-order valence-corrected chi connectivity index (χ1v) is 10.9. The van der Waals surface area contributed by atoms with E-state index in [-0.39, 0.29) is 10.8 Å². The normalized spacial score (nSPS) is 37.9. The number of fused-ring (bicyclic) bond motifs is 2. The third kappa shape index (κ3) is 3.44. The number of hydrogen-bond donors (Lipinski definition) is 1. The molecule has 1 aromatic rings. The van der Waals surface area contributed by atoms with Crippen molar-refractivity contribution in [1.29, 1.82) is 0 Å². The maximum Gasteiger partial charge on any atom is 0.226 e. The minimum atomic E-state index is -0.212. The van der Waals surface area contributed by atoms with Gasteiger partial charge in [0.15, 0.2) is 0 Å². The van der Waals surface area contributed by atoms with Gasteiger partial charge < -0.3 is 5.32 Å². The zero-order valence-electron chi connectivity index (χ0n) is 16.6. The van der Waals surface area contributed by atoms with E-state index in [2.05, 4.69) is 49.5 Å². The first-order valence-electron chi connectivity index (χ1n) is 10.9. The molecule has 142 valence electrons. The van der Waals surface area contributed by atoms with Crippen LogP contribution >= 0.6 is 0 Å². The minimum Gasteiger partial charge on any atom is -0.353 e. The number of carbonyl (C=O) groups excluding carboxylic acids is 1. The smallest absolute Gasteiger partial charge is 0.226 e. The first-order chi connectivity index (χ1) is 12.5. The number of hydrogen-bond acceptors (Lipinski definition) is 1. The van der Waals surface area contributed by atoms with Gasteiger partial charge in [-0.3, -0.25) is 4.79 Å². The van der Waals surface area contributed by atoms with Gasteiger partial charge in [-0.05, 0) is 67.8 Å². The van der Waals surface area contributed by atoms with Crippen LogP contribution in [0.5, 0.6) is 0 Å². The number of benzene rings is 1. The van der Waals surface area contributed by atoms with Crippen LogP contribution in [0.3, 0.4) is 0 Å². The molecule has 0 spiro atoms. The van der Waals surface area contributed by atoms with Crippen molar-refractivity contribution in [3.8, 4) is 0 Å². The summed E-state index contributed by atoms with van der Waals surface area (Å²) in [7, 11) is 0. The highest BCUT2D eigenvalue weighted by atomic mass is 16.2. The van der Waals surface area contributed by atoms with Gasteiger partial charge in [-0.1, -0.05) is 63.4 Å². The molecule has 2 nitrogen and oxygen atoms in total. The Labute approximate surface area is 159 Å². The highest BCUT2D eigenvalue weighted by Crippen LogP contribution is 2.58. The molecule has 4 unspecified atom stereocenters. The molecule has 0 heterocycles. The monoisotopic (exact) mass is 353 g/mol. The third-order valence-electron chi connectivity index (χ3n) is 7.50. The van der Waals surface area contributed by atoms with Crippen LogP contribution in [-0.4, -0.2) is 11.9 Å². The van der Waals surface area contributed by atoms with Gasteiger partial charge in [-0.25, -0.2) is 0 Å². The van der Waals surface area contributed by atoms with Crippen LogP contribution < -0.4 is 5.32 Å². The molecular formula is C24H35NO. The number of amides is 1. The number of carbonyl (C=O) groups is 1. The summed E-state index contributed by atoms with van der Waals surface area (Å²) in [6.45, 7) is 4.67. The molecule has 3 aliphatic carbocycles. The molecule has 1 aromatic carbocycles. The summed E-state index contributed by atoms with van der Waals surface area (Å²) in [5, 5.41) is 3.46. The second kappa shape index (κ2) is 7.02. The maximum absolute atomic E-state index is 13.4. The lowest BCUT2D eigenvalue weighted by atomic mass is 9.50. The fourth-order valence-electron chi connectivity index (χ4n) is 6.70. The van der Waals surface area contributed by atoms with E-state index in [1.807, 2.05) is 0 Å². The molecule has 1 amide bonds. The van der Waals surface area contributed by atoms with Gasteiger partial charge in [-0.2, -0.15) is 0 Å². The zero-order valence-corrected chi connectivity index (χ0v) is 16.6. The molecule has 2 heteroatoms. The van der Waals surface area contributed by atoms with Crippen molar-refractivity contribution in [3.05, 3.63) is 35.9 Å². The Bertz CT molecular complexity index is 631. The van der Waals surface area contributed by atoms with E-state index in [0.29, 0.717) is 17.9 Å². The van der Waals surface area contributed by atoms with E-state index < -0.39 is 0 Å². The molecule has 3 fully saturated rings. The fraction of sp³-hybridized carbons (Fsp3) is 0.708. The van der Waals surface area contributed by atoms with E-state index in [1.165, 1.54) is 56.9 Å². The van der Waals surface area contributed by atoms with E-state index in [9.17, 15) is 4.79 Å². The predicted molar refractivity (Wildman–Crippen MR) is 107 cm³/mol. The van der Waals surface area contributed by atoms with E-state index >= 15 is 0 Å². The molecule has 0 aromatic heterocycles. The second-order valence-electron chi connectivity index (χ2n) is 10.0. The van der Waals surface area contributed by atoms with E-state index in [0.717, 1.165) is 18.8 Å². The Kier molecular flexibility index (Phi) is 4.88. The Morgan fingerprint density at radius 3 is 2.50 bits per heavy atom. The van der Waals surface area contributed by atoms with Gasteiger partial charge in [0, 0.05) is 11.5 Å². The van der Waals surface area contributed by atoms with Crippen molar-refractivity contribution in [2.24, 2.45) is 17.3 Å². The van der Waals surface area contributed by atoms with Crippen LogP contribution in [0.2, 0.25) is 0 Å². The van der Waals surface area contributed by atoms with Crippen molar-refractivity contribution in [2.45, 2.75) is 89.5 Å². The Hall–Kier alpha value is -1.31. The molecule has 4 rings (SSSR count). The lowest BCUT2D eigenvalue weighted by Crippen LogP contribution is -2.53. The first kappa shape index (κ1) is 18.1. The summed E-state index contributed by atoms with van der Waals surface area (Å²) in [5.74, 6) is 1.79. The summed E-state index contributed by atoms with van der Waals surface area (Å²) in [6, 6.07) is 11.5. The quantitative estimate of drug-likeness (QED) is 0.752.